The van der Waals surface area contributed by atoms with Crippen LogP contribution in [0.3, 0.4) is 0 Å². The highest BCUT2D eigenvalue weighted by Gasteiger charge is 2.37. The minimum absolute atomic E-state index is 0.230. The number of hydrogen-bond donors (Lipinski definition) is 0. The molecule has 4 fully saturated rings. The highest BCUT2D eigenvalue weighted by Crippen LogP contribution is 2.37. The van der Waals surface area contributed by atoms with Crippen molar-refractivity contribution in [1.82, 2.24) is 9.80 Å². The van der Waals surface area contributed by atoms with Gasteiger partial charge in [0.25, 0.3) is 5.24 Å². The molecule has 4 unspecified atom stereocenters. The van der Waals surface area contributed by atoms with Crippen molar-refractivity contribution in [3.8, 4) is 0 Å². The van der Waals surface area contributed by atoms with Gasteiger partial charge in [0.2, 0.25) is 5.91 Å². The molecule has 2 heterocycles. The second-order valence-corrected chi connectivity index (χ2v) is 10.2. The Balaban J connectivity index is 1.25. The molecule has 4 nitrogen and oxygen atoms in total. The van der Waals surface area contributed by atoms with Crippen LogP contribution in [-0.4, -0.2) is 51.9 Å². The highest BCUT2D eigenvalue weighted by atomic mass is 32.2. The van der Waals surface area contributed by atoms with Crippen molar-refractivity contribution < 1.29 is 9.59 Å². The number of thioether (sulfide) groups is 1. The largest absolute Gasteiger partial charge is 0.339 e. The topological polar surface area (TPSA) is 40.6 Å². The Morgan fingerprint density at radius 2 is 1.22 bits per heavy atom. The normalized spacial score (nSPS) is 33.9. The SMILES string of the molecule is O=C(CCSC(=O)N1CCCC2CCCCC21)N1CCCC2CCCCC21. The fourth-order valence-electron chi connectivity index (χ4n) is 6.24. The van der Waals surface area contributed by atoms with Crippen LogP contribution in [0.15, 0.2) is 0 Å². The third-order valence-electron chi connectivity index (χ3n) is 7.58. The third kappa shape index (κ3) is 4.49. The molecule has 4 atom stereocenters. The Labute approximate surface area is 168 Å². The van der Waals surface area contributed by atoms with Crippen molar-refractivity contribution in [3.63, 3.8) is 0 Å². The molecule has 0 radical (unpaired) electrons. The minimum atomic E-state index is 0.230. The number of likely N-dealkylation sites (tertiary alicyclic amines) is 2. The molecule has 0 aromatic carbocycles. The Hall–Kier alpha value is -0.710. The van der Waals surface area contributed by atoms with Gasteiger partial charge in [-0.1, -0.05) is 37.4 Å². The van der Waals surface area contributed by atoms with E-state index in [-0.39, 0.29) is 5.24 Å². The number of fused-ring (bicyclic) bond motifs is 2. The van der Waals surface area contributed by atoms with Crippen molar-refractivity contribution in [2.24, 2.45) is 11.8 Å². The van der Waals surface area contributed by atoms with E-state index in [4.69, 9.17) is 0 Å². The van der Waals surface area contributed by atoms with Gasteiger partial charge in [-0.3, -0.25) is 9.59 Å². The molecule has 152 valence electrons. The lowest BCUT2D eigenvalue weighted by Gasteiger charge is -2.44. The Morgan fingerprint density at radius 3 is 1.89 bits per heavy atom. The number of carbonyl (C=O) groups excluding carboxylic acids is 2. The standard InChI is InChI=1S/C22H36N2O2S/c25-21(23-14-5-9-17-7-1-3-11-19(17)23)13-16-27-22(26)24-15-6-10-18-8-2-4-12-20(18)24/h17-20H,1-16H2. The predicted molar refractivity (Wildman–Crippen MR) is 111 cm³/mol. The molecular formula is C22H36N2O2S. The van der Waals surface area contributed by atoms with Gasteiger partial charge in [-0.05, 0) is 63.2 Å². The molecule has 2 aliphatic heterocycles. The predicted octanol–water partition coefficient (Wildman–Crippen LogP) is 5.07. The fraction of sp³-hybridized carbons (Fsp3) is 0.909. The van der Waals surface area contributed by atoms with E-state index in [1.54, 1.807) is 0 Å². The van der Waals surface area contributed by atoms with Crippen LogP contribution in [-0.2, 0) is 4.79 Å². The quantitative estimate of drug-likeness (QED) is 0.673. The summed E-state index contributed by atoms with van der Waals surface area (Å²) in [5.41, 5.74) is 0. The van der Waals surface area contributed by atoms with Crippen LogP contribution in [0.4, 0.5) is 4.79 Å². The van der Waals surface area contributed by atoms with Gasteiger partial charge in [0.05, 0.1) is 0 Å². The van der Waals surface area contributed by atoms with E-state index in [1.165, 1.54) is 76.0 Å². The summed E-state index contributed by atoms with van der Waals surface area (Å²) in [6.45, 7) is 1.87. The maximum absolute atomic E-state index is 12.8. The summed E-state index contributed by atoms with van der Waals surface area (Å²) in [4.78, 5) is 30.0. The number of carbonyl (C=O) groups is 2. The van der Waals surface area contributed by atoms with Gasteiger partial charge in [-0.15, -0.1) is 0 Å². The lowest BCUT2D eigenvalue weighted by molar-refractivity contribution is -0.137. The average molecular weight is 393 g/mol. The van der Waals surface area contributed by atoms with Gasteiger partial charge in [-0.25, -0.2) is 0 Å². The Bertz CT molecular complexity index is 490. The summed E-state index contributed by atoms with van der Waals surface area (Å²) in [6.07, 6.45) is 15.7. The van der Waals surface area contributed by atoms with Gasteiger partial charge in [0, 0.05) is 37.3 Å². The number of piperidine rings is 2. The highest BCUT2D eigenvalue weighted by molar-refractivity contribution is 8.13. The smallest absolute Gasteiger partial charge is 0.281 e. The summed E-state index contributed by atoms with van der Waals surface area (Å²) in [5.74, 6) is 2.41. The van der Waals surface area contributed by atoms with E-state index in [2.05, 4.69) is 9.80 Å². The van der Waals surface area contributed by atoms with Crippen molar-refractivity contribution in [2.75, 3.05) is 18.8 Å². The Morgan fingerprint density at radius 1 is 0.704 bits per heavy atom. The second-order valence-electron chi connectivity index (χ2n) is 9.15. The van der Waals surface area contributed by atoms with Gasteiger partial charge in [-0.2, -0.15) is 0 Å². The summed E-state index contributed by atoms with van der Waals surface area (Å²) in [6, 6.07) is 0.971. The number of hydrogen-bond acceptors (Lipinski definition) is 3. The molecule has 0 aromatic rings. The van der Waals surface area contributed by atoms with Gasteiger partial charge < -0.3 is 9.80 Å². The van der Waals surface area contributed by atoms with Crippen LogP contribution in [0, 0.1) is 11.8 Å². The third-order valence-corrected chi connectivity index (χ3v) is 8.47. The summed E-state index contributed by atoms with van der Waals surface area (Å²) >= 11 is 1.40. The van der Waals surface area contributed by atoms with Crippen LogP contribution >= 0.6 is 11.8 Å². The first kappa shape index (κ1) is 19.6. The molecule has 2 saturated carbocycles. The van der Waals surface area contributed by atoms with Gasteiger partial charge >= 0.3 is 0 Å². The first-order chi connectivity index (χ1) is 13.2. The second kappa shape index (κ2) is 9.19. The first-order valence-electron chi connectivity index (χ1n) is 11.5. The van der Waals surface area contributed by atoms with Crippen LogP contribution < -0.4 is 0 Å². The molecule has 0 bridgehead atoms. The number of rotatable bonds is 3. The molecular weight excluding hydrogens is 356 g/mol. The minimum Gasteiger partial charge on any atom is -0.339 e. The molecule has 0 N–H and O–H groups in total. The van der Waals surface area contributed by atoms with Crippen LogP contribution in [0.2, 0.25) is 0 Å². The molecule has 2 aliphatic carbocycles. The lowest BCUT2D eigenvalue weighted by Crippen LogP contribution is -2.50. The van der Waals surface area contributed by atoms with Crippen molar-refractivity contribution >= 4 is 22.9 Å². The summed E-state index contributed by atoms with van der Waals surface area (Å²) < 4.78 is 0. The molecule has 0 spiro atoms. The van der Waals surface area contributed by atoms with E-state index in [9.17, 15) is 9.59 Å². The molecule has 2 amide bonds. The molecule has 4 aliphatic rings. The van der Waals surface area contributed by atoms with Gasteiger partial charge in [0.1, 0.15) is 0 Å². The molecule has 2 saturated heterocycles. The van der Waals surface area contributed by atoms with E-state index in [0.717, 1.165) is 37.8 Å². The maximum Gasteiger partial charge on any atom is 0.281 e. The lowest BCUT2D eigenvalue weighted by atomic mass is 9.78. The molecule has 27 heavy (non-hydrogen) atoms. The van der Waals surface area contributed by atoms with E-state index < -0.39 is 0 Å². The zero-order valence-corrected chi connectivity index (χ0v) is 17.6. The van der Waals surface area contributed by atoms with Gasteiger partial charge in [0.15, 0.2) is 0 Å². The van der Waals surface area contributed by atoms with Crippen molar-refractivity contribution in [2.45, 2.75) is 95.6 Å². The van der Waals surface area contributed by atoms with E-state index >= 15 is 0 Å². The van der Waals surface area contributed by atoms with Crippen molar-refractivity contribution in [1.29, 1.82) is 0 Å². The summed E-state index contributed by atoms with van der Waals surface area (Å²) in [7, 11) is 0. The van der Waals surface area contributed by atoms with Crippen LogP contribution in [0.5, 0.6) is 0 Å². The molecule has 4 rings (SSSR count). The van der Waals surface area contributed by atoms with Crippen molar-refractivity contribution in [3.05, 3.63) is 0 Å². The Kier molecular flexibility index (Phi) is 6.67. The fourth-order valence-corrected chi connectivity index (χ4v) is 7.08. The summed E-state index contributed by atoms with van der Waals surface area (Å²) in [5, 5.41) is 0.230. The average Bonchev–Trinajstić information content (AvgIpc) is 2.72. The van der Waals surface area contributed by atoms with E-state index in [0.29, 0.717) is 30.2 Å². The molecule has 5 heteroatoms. The first-order valence-corrected chi connectivity index (χ1v) is 12.5. The van der Waals surface area contributed by atoms with Crippen LogP contribution in [0.25, 0.3) is 0 Å². The maximum atomic E-state index is 12.8. The number of nitrogens with zero attached hydrogens (tertiary/aromatic N) is 2. The zero-order chi connectivity index (χ0) is 18.6. The van der Waals surface area contributed by atoms with Crippen LogP contribution in [0.1, 0.15) is 83.5 Å². The monoisotopic (exact) mass is 392 g/mol. The molecule has 0 aromatic heterocycles. The zero-order valence-electron chi connectivity index (χ0n) is 16.7. The number of amides is 2. The van der Waals surface area contributed by atoms with E-state index in [1.807, 2.05) is 0 Å².